The van der Waals surface area contributed by atoms with Crippen LogP contribution in [0.25, 0.3) is 5.69 Å². The molecule has 3 aromatic rings. The molecule has 3 rings (SSSR count). The molecule has 1 amide bonds. The number of benzene rings is 2. The van der Waals surface area contributed by atoms with Crippen molar-refractivity contribution in [3.8, 4) is 5.69 Å². The number of nitrogens with one attached hydrogen (secondary N) is 1. The second-order valence-corrected chi connectivity index (χ2v) is 7.29. The maximum Gasteiger partial charge on any atom is 0.228 e. The van der Waals surface area contributed by atoms with Gasteiger partial charge in [-0.25, -0.2) is 4.68 Å². The summed E-state index contributed by atoms with van der Waals surface area (Å²) in [6.45, 7) is 4.26. The van der Waals surface area contributed by atoms with Crippen molar-refractivity contribution < 1.29 is 9.53 Å². The maximum absolute atomic E-state index is 12.7. The third-order valence-corrected chi connectivity index (χ3v) is 5.26. The van der Waals surface area contributed by atoms with Crippen LogP contribution >= 0.6 is 23.2 Å². The first kappa shape index (κ1) is 20.4. The number of aromatic nitrogens is 2. The fourth-order valence-electron chi connectivity index (χ4n) is 3.08. The third-order valence-electron chi connectivity index (χ3n) is 4.52. The summed E-state index contributed by atoms with van der Waals surface area (Å²) in [5.41, 5.74) is 5.04. The van der Waals surface area contributed by atoms with Crippen molar-refractivity contribution in [2.45, 2.75) is 26.9 Å². The van der Waals surface area contributed by atoms with Crippen molar-refractivity contribution in [1.82, 2.24) is 9.78 Å². The molecule has 0 radical (unpaired) electrons. The Hall–Kier alpha value is -2.34. The van der Waals surface area contributed by atoms with Crippen LogP contribution in [0.4, 0.5) is 5.69 Å². The number of rotatable bonds is 6. The number of methoxy groups -OCH3 is 1. The van der Waals surface area contributed by atoms with E-state index in [1.165, 1.54) is 0 Å². The number of aryl methyl sites for hydroxylation is 1. The van der Waals surface area contributed by atoms with Gasteiger partial charge < -0.3 is 10.1 Å². The lowest BCUT2D eigenvalue weighted by Gasteiger charge is -2.11. The molecule has 0 fully saturated rings. The van der Waals surface area contributed by atoms with Crippen LogP contribution in [0, 0.1) is 13.8 Å². The average molecular weight is 418 g/mol. The Balaban J connectivity index is 1.82. The Bertz CT molecular complexity index is 1010. The van der Waals surface area contributed by atoms with Crippen molar-refractivity contribution in [3.05, 3.63) is 75.0 Å². The summed E-state index contributed by atoms with van der Waals surface area (Å²) < 4.78 is 6.97. The Labute approximate surface area is 174 Å². The summed E-state index contributed by atoms with van der Waals surface area (Å²) in [6.07, 6.45) is 0.223. The van der Waals surface area contributed by atoms with Crippen molar-refractivity contribution in [2.75, 3.05) is 12.4 Å². The largest absolute Gasteiger partial charge is 0.380 e. The monoisotopic (exact) mass is 417 g/mol. The Kier molecular flexibility index (Phi) is 6.39. The maximum atomic E-state index is 12.7. The predicted octanol–water partition coefficient (Wildman–Crippen LogP) is 5.12. The lowest BCUT2D eigenvalue weighted by atomic mass is 10.1. The van der Waals surface area contributed by atoms with Gasteiger partial charge >= 0.3 is 0 Å². The van der Waals surface area contributed by atoms with Crippen LogP contribution < -0.4 is 5.32 Å². The number of carbonyl (C=O) groups excluding carboxylic acids is 1. The summed E-state index contributed by atoms with van der Waals surface area (Å²) in [4.78, 5) is 12.7. The van der Waals surface area contributed by atoms with Crippen molar-refractivity contribution in [3.63, 3.8) is 0 Å². The minimum Gasteiger partial charge on any atom is -0.380 e. The van der Waals surface area contributed by atoms with E-state index in [0.717, 1.165) is 33.9 Å². The number of anilines is 1. The minimum absolute atomic E-state index is 0.108. The molecular formula is C21H21Cl2N3O2. The van der Waals surface area contributed by atoms with Crippen LogP contribution in [0.5, 0.6) is 0 Å². The summed E-state index contributed by atoms with van der Waals surface area (Å²) in [5, 5.41) is 8.49. The van der Waals surface area contributed by atoms with Crippen LogP contribution in [0.1, 0.15) is 22.5 Å². The van der Waals surface area contributed by atoms with Crippen molar-refractivity contribution in [1.29, 1.82) is 0 Å². The second kappa shape index (κ2) is 8.78. The first-order chi connectivity index (χ1) is 13.4. The zero-order valence-corrected chi connectivity index (χ0v) is 17.4. The van der Waals surface area contributed by atoms with E-state index in [4.69, 9.17) is 27.9 Å². The number of para-hydroxylation sites is 1. The topological polar surface area (TPSA) is 56.1 Å². The lowest BCUT2D eigenvalue weighted by molar-refractivity contribution is -0.115. The van der Waals surface area contributed by atoms with Crippen LogP contribution in [0.3, 0.4) is 0 Å². The molecule has 5 nitrogen and oxygen atoms in total. The minimum atomic E-state index is -0.108. The Morgan fingerprint density at radius 1 is 1.14 bits per heavy atom. The van der Waals surface area contributed by atoms with E-state index in [1.807, 2.05) is 44.2 Å². The average Bonchev–Trinajstić information content (AvgIpc) is 2.94. The number of hydrogen-bond donors (Lipinski definition) is 1. The van der Waals surface area contributed by atoms with Crippen LogP contribution in [-0.2, 0) is 22.6 Å². The summed E-state index contributed by atoms with van der Waals surface area (Å²) in [7, 11) is 1.63. The predicted molar refractivity (Wildman–Crippen MR) is 113 cm³/mol. The molecule has 1 aromatic heterocycles. The van der Waals surface area contributed by atoms with E-state index >= 15 is 0 Å². The zero-order chi connectivity index (χ0) is 20.3. The van der Waals surface area contributed by atoms with E-state index in [0.29, 0.717) is 16.7 Å². The van der Waals surface area contributed by atoms with Gasteiger partial charge in [-0.1, -0.05) is 41.4 Å². The van der Waals surface area contributed by atoms with E-state index in [2.05, 4.69) is 10.4 Å². The Morgan fingerprint density at radius 3 is 2.61 bits per heavy atom. The molecule has 0 spiro atoms. The number of halogens is 2. The number of carbonyl (C=O) groups is 1. The highest BCUT2D eigenvalue weighted by Gasteiger charge is 2.17. The molecule has 0 saturated heterocycles. The number of nitrogens with zero attached hydrogens (tertiary/aromatic N) is 2. The van der Waals surface area contributed by atoms with E-state index in [-0.39, 0.29) is 12.3 Å². The molecule has 2 aromatic carbocycles. The van der Waals surface area contributed by atoms with Gasteiger partial charge in [0, 0.05) is 29.6 Å². The van der Waals surface area contributed by atoms with Gasteiger partial charge in [-0.05, 0) is 38.1 Å². The van der Waals surface area contributed by atoms with E-state index in [9.17, 15) is 4.79 Å². The molecule has 0 aliphatic carbocycles. The summed E-state index contributed by atoms with van der Waals surface area (Å²) in [5.74, 6) is -0.108. The molecule has 0 unspecified atom stereocenters. The highest BCUT2D eigenvalue weighted by molar-refractivity contribution is 6.42. The molecule has 0 bridgehead atoms. The Morgan fingerprint density at radius 2 is 1.89 bits per heavy atom. The molecule has 0 atom stereocenters. The van der Waals surface area contributed by atoms with Gasteiger partial charge in [0.15, 0.2) is 0 Å². The first-order valence-corrected chi connectivity index (χ1v) is 9.53. The van der Waals surface area contributed by atoms with Crippen molar-refractivity contribution in [2.24, 2.45) is 0 Å². The van der Waals surface area contributed by atoms with Gasteiger partial charge in [0.2, 0.25) is 5.91 Å². The summed E-state index contributed by atoms with van der Waals surface area (Å²) >= 11 is 12.1. The number of amides is 1. The van der Waals surface area contributed by atoms with Crippen LogP contribution in [0.2, 0.25) is 10.0 Å². The SMILES string of the molecule is COCc1ccccc1NC(=O)Cc1c(C)nn(-c2ccc(Cl)c(Cl)c2)c1C. The number of hydrogen-bond acceptors (Lipinski definition) is 3. The first-order valence-electron chi connectivity index (χ1n) is 8.78. The fourth-order valence-corrected chi connectivity index (χ4v) is 3.37. The van der Waals surface area contributed by atoms with Crippen molar-refractivity contribution >= 4 is 34.8 Å². The van der Waals surface area contributed by atoms with Gasteiger partial charge in [-0.3, -0.25) is 4.79 Å². The van der Waals surface area contributed by atoms with Gasteiger partial charge in [0.1, 0.15) is 0 Å². The molecule has 7 heteroatoms. The fraction of sp³-hybridized carbons (Fsp3) is 0.238. The number of ether oxygens (including phenoxy) is 1. The smallest absolute Gasteiger partial charge is 0.228 e. The molecule has 28 heavy (non-hydrogen) atoms. The quantitative estimate of drug-likeness (QED) is 0.604. The van der Waals surface area contributed by atoms with E-state index in [1.54, 1.807) is 23.9 Å². The molecule has 0 aliphatic heterocycles. The zero-order valence-electron chi connectivity index (χ0n) is 15.9. The molecular weight excluding hydrogens is 397 g/mol. The molecule has 1 N–H and O–H groups in total. The van der Waals surface area contributed by atoms with Crippen LogP contribution in [-0.4, -0.2) is 22.8 Å². The highest BCUT2D eigenvalue weighted by atomic mass is 35.5. The molecule has 1 heterocycles. The van der Waals surface area contributed by atoms with E-state index < -0.39 is 0 Å². The van der Waals surface area contributed by atoms with Crippen LogP contribution in [0.15, 0.2) is 42.5 Å². The molecule has 0 aliphatic rings. The molecule has 146 valence electrons. The summed E-state index contributed by atoms with van der Waals surface area (Å²) in [6, 6.07) is 12.9. The normalized spacial score (nSPS) is 10.9. The highest BCUT2D eigenvalue weighted by Crippen LogP contribution is 2.26. The molecule has 0 saturated carbocycles. The lowest BCUT2D eigenvalue weighted by Crippen LogP contribution is -2.16. The standard InChI is InChI=1S/C21H21Cl2N3O2/c1-13-17(11-21(27)24-20-7-5-4-6-15(20)12-28-3)14(2)26(25-13)16-8-9-18(22)19(23)10-16/h4-10H,11-12H2,1-3H3,(H,24,27). The van der Waals surface area contributed by atoms with Gasteiger partial charge in [-0.2, -0.15) is 5.10 Å². The second-order valence-electron chi connectivity index (χ2n) is 6.47. The van der Waals surface area contributed by atoms with Gasteiger partial charge in [0.05, 0.1) is 34.5 Å². The third kappa shape index (κ3) is 4.38. The van der Waals surface area contributed by atoms with Gasteiger partial charge in [0.25, 0.3) is 0 Å². The van der Waals surface area contributed by atoms with Gasteiger partial charge in [-0.15, -0.1) is 0 Å².